The van der Waals surface area contributed by atoms with Gasteiger partial charge in [-0.1, -0.05) is 12.1 Å². The third-order valence-corrected chi connectivity index (χ3v) is 3.87. The van der Waals surface area contributed by atoms with Gasteiger partial charge in [-0.3, -0.25) is 4.79 Å². The lowest BCUT2D eigenvalue weighted by atomic mass is 10.1. The average Bonchev–Trinajstić information content (AvgIpc) is 3.16. The maximum Gasteiger partial charge on any atom is 0.253 e. The van der Waals surface area contributed by atoms with Crippen LogP contribution >= 0.6 is 0 Å². The number of nitriles is 1. The molecular weight excluding hydrogens is 323 g/mol. The van der Waals surface area contributed by atoms with Crippen LogP contribution in [0.15, 0.2) is 42.5 Å². The molecule has 0 spiro atoms. The molecule has 1 amide bonds. The van der Waals surface area contributed by atoms with Gasteiger partial charge in [0, 0.05) is 18.4 Å². The van der Waals surface area contributed by atoms with Crippen LogP contribution in [0.25, 0.3) is 0 Å². The Morgan fingerprint density at radius 2 is 2.24 bits per heavy atom. The summed E-state index contributed by atoms with van der Waals surface area (Å²) in [5, 5.41) is 11.5. The molecule has 0 aliphatic carbocycles. The second-order valence-corrected chi connectivity index (χ2v) is 5.74. The number of nitrogens with one attached hydrogen (secondary N) is 1. The van der Waals surface area contributed by atoms with Gasteiger partial charge in [-0.2, -0.15) is 5.26 Å². The van der Waals surface area contributed by atoms with Gasteiger partial charge in [0.25, 0.3) is 5.91 Å². The number of benzene rings is 2. The molecule has 1 fully saturated rings. The van der Waals surface area contributed by atoms with E-state index in [1.165, 1.54) is 12.1 Å². The molecular formula is C19H17FN2O3. The molecule has 2 aromatic carbocycles. The number of carbonyl (C=O) groups is 1. The minimum absolute atomic E-state index is 0.0810. The summed E-state index contributed by atoms with van der Waals surface area (Å²) in [6.07, 6.45) is 1.06. The molecule has 1 aliphatic heterocycles. The molecule has 6 heteroatoms. The Kier molecular flexibility index (Phi) is 5.26. The third kappa shape index (κ3) is 4.34. The molecule has 128 valence electrons. The number of ether oxygens (including phenoxy) is 2. The minimum Gasteiger partial charge on any atom is -0.486 e. The summed E-state index contributed by atoms with van der Waals surface area (Å²) in [5.74, 6) is -0.752. The summed E-state index contributed by atoms with van der Waals surface area (Å²) in [6, 6.07) is 13.2. The van der Waals surface area contributed by atoms with Crippen LogP contribution in [0.4, 0.5) is 10.1 Å². The maximum absolute atomic E-state index is 14.2. The highest BCUT2D eigenvalue weighted by Gasteiger charge is 2.23. The first kappa shape index (κ1) is 16.9. The van der Waals surface area contributed by atoms with E-state index in [1.54, 1.807) is 30.3 Å². The Morgan fingerprint density at radius 3 is 2.96 bits per heavy atom. The van der Waals surface area contributed by atoms with E-state index in [-0.39, 0.29) is 18.3 Å². The van der Waals surface area contributed by atoms with Crippen LogP contribution in [0.1, 0.15) is 24.0 Å². The predicted octanol–water partition coefficient (Wildman–Crippen LogP) is 3.39. The smallest absolute Gasteiger partial charge is 0.253 e. The molecule has 5 nitrogen and oxygen atoms in total. The maximum atomic E-state index is 14.2. The SMILES string of the molecule is N#Cc1cccc(COc2ccc(NC(=O)[C@H]3CCCO3)cc2F)c1. The summed E-state index contributed by atoms with van der Waals surface area (Å²) in [5.41, 5.74) is 1.65. The van der Waals surface area contributed by atoms with E-state index in [0.29, 0.717) is 24.3 Å². The van der Waals surface area contributed by atoms with Gasteiger partial charge in [-0.05, 0) is 42.7 Å². The molecule has 1 heterocycles. The first-order valence-corrected chi connectivity index (χ1v) is 7.99. The molecule has 0 aromatic heterocycles. The number of amides is 1. The Balaban J connectivity index is 1.61. The summed E-state index contributed by atoms with van der Waals surface area (Å²) < 4.78 is 24.9. The molecule has 1 N–H and O–H groups in total. The van der Waals surface area contributed by atoms with Gasteiger partial charge >= 0.3 is 0 Å². The van der Waals surface area contributed by atoms with E-state index < -0.39 is 11.9 Å². The Morgan fingerprint density at radius 1 is 1.36 bits per heavy atom. The van der Waals surface area contributed by atoms with Gasteiger partial charge in [0.2, 0.25) is 0 Å². The van der Waals surface area contributed by atoms with E-state index in [4.69, 9.17) is 14.7 Å². The number of halogens is 1. The molecule has 0 radical (unpaired) electrons. The van der Waals surface area contributed by atoms with E-state index in [9.17, 15) is 9.18 Å². The van der Waals surface area contributed by atoms with Crippen molar-refractivity contribution in [2.45, 2.75) is 25.6 Å². The highest BCUT2D eigenvalue weighted by Crippen LogP contribution is 2.23. The second-order valence-electron chi connectivity index (χ2n) is 5.74. The van der Waals surface area contributed by atoms with Gasteiger partial charge in [-0.15, -0.1) is 0 Å². The van der Waals surface area contributed by atoms with Crippen molar-refractivity contribution in [3.63, 3.8) is 0 Å². The molecule has 3 rings (SSSR count). The zero-order valence-electron chi connectivity index (χ0n) is 13.5. The van der Waals surface area contributed by atoms with Crippen LogP contribution < -0.4 is 10.1 Å². The fourth-order valence-electron chi connectivity index (χ4n) is 2.59. The quantitative estimate of drug-likeness (QED) is 0.905. The van der Waals surface area contributed by atoms with Crippen LogP contribution in [0.5, 0.6) is 5.75 Å². The lowest BCUT2D eigenvalue weighted by Gasteiger charge is -2.12. The van der Waals surface area contributed by atoms with E-state index in [1.807, 2.05) is 6.07 Å². The lowest BCUT2D eigenvalue weighted by Crippen LogP contribution is -2.26. The number of anilines is 1. The molecule has 0 saturated carbocycles. The number of hydrogen-bond donors (Lipinski definition) is 1. The van der Waals surface area contributed by atoms with Gasteiger partial charge in [0.1, 0.15) is 12.7 Å². The first-order valence-electron chi connectivity index (χ1n) is 7.99. The normalized spacial score (nSPS) is 16.2. The molecule has 1 aliphatic rings. The largest absolute Gasteiger partial charge is 0.486 e. The molecule has 0 bridgehead atoms. The zero-order valence-corrected chi connectivity index (χ0v) is 13.5. The van der Waals surface area contributed by atoms with Crippen LogP contribution in [0.3, 0.4) is 0 Å². The van der Waals surface area contributed by atoms with Crippen LogP contribution in [0, 0.1) is 17.1 Å². The van der Waals surface area contributed by atoms with Crippen molar-refractivity contribution in [3.05, 3.63) is 59.4 Å². The molecule has 0 unspecified atom stereocenters. The summed E-state index contributed by atoms with van der Waals surface area (Å²) in [7, 11) is 0. The standard InChI is InChI=1S/C19H17FN2O3/c20-16-10-15(22-19(23)18-5-2-8-24-18)6-7-17(16)25-12-14-4-1-3-13(9-14)11-21/h1,3-4,6-7,9-10,18H,2,5,8,12H2,(H,22,23)/t18-/m1/s1. The van der Waals surface area contributed by atoms with Crippen molar-refractivity contribution >= 4 is 11.6 Å². The van der Waals surface area contributed by atoms with Crippen molar-refractivity contribution in [2.24, 2.45) is 0 Å². The van der Waals surface area contributed by atoms with Crippen molar-refractivity contribution < 1.29 is 18.7 Å². The Hall–Kier alpha value is -2.91. The minimum atomic E-state index is -0.568. The lowest BCUT2D eigenvalue weighted by molar-refractivity contribution is -0.124. The van der Waals surface area contributed by atoms with Crippen molar-refractivity contribution in [3.8, 4) is 11.8 Å². The highest BCUT2D eigenvalue weighted by molar-refractivity contribution is 5.94. The van der Waals surface area contributed by atoms with Gasteiger partial charge < -0.3 is 14.8 Å². The number of rotatable bonds is 5. The van der Waals surface area contributed by atoms with Crippen LogP contribution in [-0.4, -0.2) is 18.6 Å². The van der Waals surface area contributed by atoms with Gasteiger partial charge in [0.05, 0.1) is 11.6 Å². The number of nitrogens with zero attached hydrogens (tertiary/aromatic N) is 1. The predicted molar refractivity (Wildman–Crippen MR) is 89.5 cm³/mol. The highest BCUT2D eigenvalue weighted by atomic mass is 19.1. The molecule has 1 atom stereocenters. The third-order valence-electron chi connectivity index (χ3n) is 3.87. The topological polar surface area (TPSA) is 71.3 Å². The summed E-state index contributed by atoms with van der Waals surface area (Å²) in [6.45, 7) is 0.723. The van der Waals surface area contributed by atoms with Gasteiger partial charge in [0.15, 0.2) is 11.6 Å². The molecule has 25 heavy (non-hydrogen) atoms. The number of carbonyl (C=O) groups excluding carboxylic acids is 1. The van der Waals surface area contributed by atoms with Crippen molar-refractivity contribution in [1.82, 2.24) is 0 Å². The second kappa shape index (κ2) is 7.77. The van der Waals surface area contributed by atoms with Crippen molar-refractivity contribution in [1.29, 1.82) is 5.26 Å². The van der Waals surface area contributed by atoms with Gasteiger partial charge in [-0.25, -0.2) is 4.39 Å². The average molecular weight is 340 g/mol. The Bertz CT molecular complexity index is 811. The zero-order chi connectivity index (χ0) is 17.6. The van der Waals surface area contributed by atoms with E-state index in [2.05, 4.69) is 5.32 Å². The summed E-state index contributed by atoms with van der Waals surface area (Å²) in [4.78, 5) is 12.0. The van der Waals surface area contributed by atoms with E-state index in [0.717, 1.165) is 12.0 Å². The Labute approximate surface area is 145 Å². The fourth-order valence-corrected chi connectivity index (χ4v) is 2.59. The van der Waals surface area contributed by atoms with Crippen molar-refractivity contribution in [2.75, 3.05) is 11.9 Å². The molecule has 2 aromatic rings. The molecule has 1 saturated heterocycles. The number of hydrogen-bond acceptors (Lipinski definition) is 4. The van der Waals surface area contributed by atoms with Crippen LogP contribution in [0.2, 0.25) is 0 Å². The monoisotopic (exact) mass is 340 g/mol. The first-order chi connectivity index (χ1) is 12.2. The van der Waals surface area contributed by atoms with Crippen LogP contribution in [-0.2, 0) is 16.1 Å². The van der Waals surface area contributed by atoms with E-state index >= 15 is 0 Å². The fraction of sp³-hybridized carbons (Fsp3) is 0.263. The summed E-state index contributed by atoms with van der Waals surface area (Å²) >= 11 is 0.